The number of nitrogens with zero attached hydrogens (tertiary/aromatic N) is 4. The first-order valence-electron chi connectivity index (χ1n) is 7.50. The van der Waals surface area contributed by atoms with Gasteiger partial charge >= 0.3 is 0 Å². The molecule has 7 heteroatoms. The zero-order valence-corrected chi connectivity index (χ0v) is 12.9. The largest absolute Gasteiger partial charge is 0.472 e. The predicted octanol–water partition coefficient (Wildman–Crippen LogP) is 1.74. The van der Waals surface area contributed by atoms with Gasteiger partial charge in [-0.25, -0.2) is 0 Å². The molecule has 1 amide bonds. The molecule has 0 radical (unpaired) electrons. The number of aromatic nitrogens is 2. The smallest absolute Gasteiger partial charge is 0.257 e. The molecule has 1 aliphatic heterocycles. The van der Waals surface area contributed by atoms with E-state index in [1.807, 2.05) is 18.7 Å². The Bertz CT molecular complexity index is 613. The van der Waals surface area contributed by atoms with Crippen molar-refractivity contribution in [2.24, 2.45) is 0 Å². The van der Waals surface area contributed by atoms with Crippen LogP contribution in [0.25, 0.3) is 0 Å². The second-order valence-electron chi connectivity index (χ2n) is 5.78. The van der Waals surface area contributed by atoms with Crippen molar-refractivity contribution in [1.29, 1.82) is 0 Å². The van der Waals surface area contributed by atoms with Crippen molar-refractivity contribution in [2.75, 3.05) is 26.2 Å². The first-order chi connectivity index (χ1) is 10.6. The monoisotopic (exact) mass is 304 g/mol. The highest BCUT2D eigenvalue weighted by Crippen LogP contribution is 2.13. The van der Waals surface area contributed by atoms with Crippen molar-refractivity contribution in [3.8, 4) is 0 Å². The minimum Gasteiger partial charge on any atom is -0.472 e. The highest BCUT2D eigenvalue weighted by Gasteiger charge is 2.24. The fourth-order valence-corrected chi connectivity index (χ4v) is 2.44. The van der Waals surface area contributed by atoms with Gasteiger partial charge in [0, 0.05) is 32.1 Å². The summed E-state index contributed by atoms with van der Waals surface area (Å²) in [5, 5.41) is 3.97. The van der Waals surface area contributed by atoms with Crippen LogP contribution in [-0.2, 0) is 6.54 Å². The van der Waals surface area contributed by atoms with E-state index in [1.165, 1.54) is 12.5 Å². The van der Waals surface area contributed by atoms with Crippen LogP contribution in [0.1, 0.15) is 41.8 Å². The molecule has 0 unspecified atom stereocenters. The Morgan fingerprint density at radius 2 is 2.09 bits per heavy atom. The highest BCUT2D eigenvalue weighted by molar-refractivity contribution is 5.93. The summed E-state index contributed by atoms with van der Waals surface area (Å²) in [7, 11) is 0. The standard InChI is InChI=1S/C15H20N4O3/c1-11(2)14-16-13(22-17-14)9-18-4-6-19(7-5-18)15(20)12-3-8-21-10-12/h3,8,10-11H,4-7,9H2,1-2H3. The molecule has 2 aromatic rings. The number of amides is 1. The molecule has 3 heterocycles. The summed E-state index contributed by atoms with van der Waals surface area (Å²) in [5.74, 6) is 1.66. The Labute approximate surface area is 128 Å². The van der Waals surface area contributed by atoms with Crippen molar-refractivity contribution >= 4 is 5.91 Å². The van der Waals surface area contributed by atoms with Crippen LogP contribution >= 0.6 is 0 Å². The Balaban J connectivity index is 1.52. The fourth-order valence-electron chi connectivity index (χ4n) is 2.44. The van der Waals surface area contributed by atoms with Gasteiger partial charge in [-0.1, -0.05) is 19.0 Å². The number of piperazine rings is 1. The molecular weight excluding hydrogens is 284 g/mol. The number of rotatable bonds is 4. The van der Waals surface area contributed by atoms with E-state index in [-0.39, 0.29) is 11.8 Å². The van der Waals surface area contributed by atoms with E-state index >= 15 is 0 Å². The normalized spacial score (nSPS) is 16.4. The second-order valence-corrected chi connectivity index (χ2v) is 5.78. The van der Waals surface area contributed by atoms with Crippen LogP contribution < -0.4 is 0 Å². The quantitative estimate of drug-likeness (QED) is 0.856. The number of hydrogen-bond donors (Lipinski definition) is 0. The van der Waals surface area contributed by atoms with Gasteiger partial charge in [0.25, 0.3) is 5.91 Å². The molecule has 2 aromatic heterocycles. The lowest BCUT2D eigenvalue weighted by molar-refractivity contribution is 0.0614. The van der Waals surface area contributed by atoms with Crippen LogP contribution in [0.15, 0.2) is 27.5 Å². The zero-order chi connectivity index (χ0) is 15.5. The molecule has 0 aromatic carbocycles. The average Bonchev–Trinajstić information content (AvgIpc) is 3.19. The molecule has 3 rings (SSSR count). The van der Waals surface area contributed by atoms with Gasteiger partial charge in [-0.05, 0) is 6.07 Å². The van der Waals surface area contributed by atoms with Gasteiger partial charge in [-0.3, -0.25) is 9.69 Å². The third-order valence-electron chi connectivity index (χ3n) is 3.79. The topological polar surface area (TPSA) is 75.6 Å². The Morgan fingerprint density at radius 3 is 2.68 bits per heavy atom. The molecule has 7 nitrogen and oxygen atoms in total. The van der Waals surface area contributed by atoms with E-state index in [4.69, 9.17) is 8.94 Å². The maximum atomic E-state index is 12.2. The van der Waals surface area contributed by atoms with Crippen LogP contribution in [-0.4, -0.2) is 52.0 Å². The van der Waals surface area contributed by atoms with Crippen LogP contribution in [0.2, 0.25) is 0 Å². The van der Waals surface area contributed by atoms with Gasteiger partial charge < -0.3 is 13.8 Å². The molecular formula is C15H20N4O3. The van der Waals surface area contributed by atoms with Crippen LogP contribution in [0, 0.1) is 0 Å². The minimum absolute atomic E-state index is 0.0216. The van der Waals surface area contributed by atoms with Gasteiger partial charge in [0.15, 0.2) is 5.82 Å². The molecule has 0 atom stereocenters. The predicted molar refractivity (Wildman–Crippen MR) is 78.3 cm³/mol. The number of carbonyl (C=O) groups excluding carboxylic acids is 1. The first-order valence-corrected chi connectivity index (χ1v) is 7.50. The third kappa shape index (κ3) is 3.19. The maximum absolute atomic E-state index is 12.2. The van der Waals surface area contributed by atoms with Crippen LogP contribution in [0.4, 0.5) is 0 Å². The summed E-state index contributed by atoms with van der Waals surface area (Å²) < 4.78 is 10.2. The van der Waals surface area contributed by atoms with Crippen molar-refractivity contribution in [2.45, 2.75) is 26.3 Å². The van der Waals surface area contributed by atoms with Gasteiger partial charge in [-0.2, -0.15) is 4.98 Å². The second kappa shape index (κ2) is 6.31. The molecule has 0 bridgehead atoms. The summed E-state index contributed by atoms with van der Waals surface area (Å²) in [6.07, 6.45) is 3.01. The molecule has 0 spiro atoms. The number of furan rings is 1. The average molecular weight is 304 g/mol. The van der Waals surface area contributed by atoms with Gasteiger partial charge in [0.2, 0.25) is 5.89 Å². The summed E-state index contributed by atoms with van der Waals surface area (Å²) in [5.41, 5.74) is 0.604. The fraction of sp³-hybridized carbons (Fsp3) is 0.533. The van der Waals surface area contributed by atoms with Gasteiger partial charge in [0.05, 0.1) is 18.4 Å². The van der Waals surface area contributed by atoms with E-state index in [9.17, 15) is 4.79 Å². The maximum Gasteiger partial charge on any atom is 0.257 e. The third-order valence-corrected chi connectivity index (χ3v) is 3.79. The summed E-state index contributed by atoms with van der Waals surface area (Å²) in [6.45, 7) is 7.67. The molecule has 22 heavy (non-hydrogen) atoms. The van der Waals surface area contributed by atoms with E-state index in [0.717, 1.165) is 18.9 Å². The highest BCUT2D eigenvalue weighted by atomic mass is 16.5. The Hall–Kier alpha value is -2.15. The van der Waals surface area contributed by atoms with Crippen molar-refractivity contribution in [3.63, 3.8) is 0 Å². The Morgan fingerprint density at radius 1 is 1.32 bits per heavy atom. The van der Waals surface area contributed by atoms with E-state index in [1.54, 1.807) is 6.07 Å². The molecule has 0 saturated carbocycles. The lowest BCUT2D eigenvalue weighted by Gasteiger charge is -2.33. The molecule has 1 aliphatic rings. The molecule has 1 fully saturated rings. The molecule has 1 saturated heterocycles. The zero-order valence-electron chi connectivity index (χ0n) is 12.9. The summed E-state index contributed by atoms with van der Waals surface area (Å²) in [4.78, 5) is 20.7. The molecule has 0 N–H and O–H groups in total. The van der Waals surface area contributed by atoms with Crippen molar-refractivity contribution < 1.29 is 13.7 Å². The van der Waals surface area contributed by atoms with Crippen molar-refractivity contribution in [3.05, 3.63) is 35.9 Å². The van der Waals surface area contributed by atoms with Crippen LogP contribution in [0.5, 0.6) is 0 Å². The summed E-state index contributed by atoms with van der Waals surface area (Å²) in [6, 6.07) is 1.70. The van der Waals surface area contributed by atoms with Crippen LogP contribution in [0.3, 0.4) is 0 Å². The van der Waals surface area contributed by atoms with E-state index < -0.39 is 0 Å². The van der Waals surface area contributed by atoms with E-state index in [0.29, 0.717) is 31.1 Å². The van der Waals surface area contributed by atoms with Crippen molar-refractivity contribution in [1.82, 2.24) is 19.9 Å². The summed E-state index contributed by atoms with van der Waals surface area (Å²) >= 11 is 0. The molecule has 0 aliphatic carbocycles. The molecule has 118 valence electrons. The SMILES string of the molecule is CC(C)c1noc(CN2CCN(C(=O)c3ccoc3)CC2)n1. The van der Waals surface area contributed by atoms with E-state index in [2.05, 4.69) is 15.0 Å². The Kier molecular flexibility index (Phi) is 4.24. The number of carbonyl (C=O) groups is 1. The minimum atomic E-state index is 0.0216. The number of hydrogen-bond acceptors (Lipinski definition) is 6. The first kappa shape index (κ1) is 14.8. The lowest BCUT2D eigenvalue weighted by atomic mass is 10.2. The van der Waals surface area contributed by atoms with Gasteiger partial charge in [0.1, 0.15) is 6.26 Å². The lowest BCUT2D eigenvalue weighted by Crippen LogP contribution is -2.48. The van der Waals surface area contributed by atoms with Gasteiger partial charge in [-0.15, -0.1) is 0 Å².